The summed E-state index contributed by atoms with van der Waals surface area (Å²) in [6.07, 6.45) is 6.44. The van der Waals surface area contributed by atoms with Crippen molar-refractivity contribution < 1.29 is 0 Å². The molecule has 0 amide bonds. The summed E-state index contributed by atoms with van der Waals surface area (Å²) in [6.45, 7) is 9.98. The van der Waals surface area contributed by atoms with Crippen molar-refractivity contribution in [2.24, 2.45) is 5.92 Å². The summed E-state index contributed by atoms with van der Waals surface area (Å²) in [5.74, 6) is 2.02. The lowest BCUT2D eigenvalue weighted by Gasteiger charge is -2.20. The number of rotatable bonds is 6. The maximum atomic E-state index is 4.72. The smallest absolute Gasteiger partial charge is 0.106 e. The normalized spacial score (nSPS) is 16.6. The van der Waals surface area contributed by atoms with Gasteiger partial charge in [0.1, 0.15) is 5.82 Å². The quantitative estimate of drug-likeness (QED) is 0.840. The fraction of sp³-hybridized carbons (Fsp3) is 0.800. The van der Waals surface area contributed by atoms with Crippen LogP contribution in [-0.2, 0) is 19.5 Å². The molecule has 1 N–H and O–H groups in total. The van der Waals surface area contributed by atoms with Gasteiger partial charge in [-0.05, 0) is 19.3 Å². The number of unbranched alkanes of at least 4 members (excludes halogenated alkanes) is 1. The van der Waals surface area contributed by atoms with Gasteiger partial charge in [-0.1, -0.05) is 33.1 Å². The molecule has 0 fully saturated rings. The Bertz CT molecular complexity index is 381. The molecular formula is C15H27N3. The summed E-state index contributed by atoms with van der Waals surface area (Å²) in [5, 5.41) is 3.41. The fourth-order valence-electron chi connectivity index (χ4n) is 2.92. The highest BCUT2D eigenvalue weighted by Crippen LogP contribution is 2.21. The number of imidazole rings is 1. The van der Waals surface area contributed by atoms with Crippen molar-refractivity contribution in [3.05, 3.63) is 17.2 Å². The Labute approximate surface area is 111 Å². The molecule has 18 heavy (non-hydrogen) atoms. The molecule has 0 aliphatic carbocycles. The molecule has 2 rings (SSSR count). The fourth-order valence-corrected chi connectivity index (χ4v) is 2.92. The molecule has 102 valence electrons. The highest BCUT2D eigenvalue weighted by Gasteiger charge is 2.19. The lowest BCUT2D eigenvalue weighted by Crippen LogP contribution is -2.25. The lowest BCUT2D eigenvalue weighted by molar-refractivity contribution is 0.380. The Morgan fingerprint density at radius 2 is 2.22 bits per heavy atom. The first-order chi connectivity index (χ1) is 8.76. The maximum Gasteiger partial charge on any atom is 0.106 e. The van der Waals surface area contributed by atoms with Crippen molar-refractivity contribution in [3.8, 4) is 0 Å². The van der Waals surface area contributed by atoms with E-state index >= 15 is 0 Å². The Kier molecular flexibility index (Phi) is 4.81. The minimum atomic E-state index is 0.817. The van der Waals surface area contributed by atoms with Crippen LogP contribution in [0.3, 0.4) is 0 Å². The Balaban J connectivity index is 2.09. The van der Waals surface area contributed by atoms with E-state index in [9.17, 15) is 0 Å². The van der Waals surface area contributed by atoms with Crippen molar-refractivity contribution >= 4 is 0 Å². The second-order valence-corrected chi connectivity index (χ2v) is 5.51. The molecule has 1 aliphatic heterocycles. The van der Waals surface area contributed by atoms with E-state index in [1.165, 1.54) is 49.4 Å². The molecule has 0 saturated heterocycles. The zero-order valence-corrected chi connectivity index (χ0v) is 12.1. The zero-order chi connectivity index (χ0) is 13.0. The van der Waals surface area contributed by atoms with Crippen LogP contribution >= 0.6 is 0 Å². The maximum absolute atomic E-state index is 4.72. The average Bonchev–Trinajstić information content (AvgIpc) is 2.70. The minimum Gasteiger partial charge on any atom is -0.332 e. The van der Waals surface area contributed by atoms with Crippen molar-refractivity contribution in [3.63, 3.8) is 0 Å². The molecule has 1 aromatic rings. The minimum absolute atomic E-state index is 0.817. The number of nitrogens with one attached hydrogen (secondary N) is 1. The molecule has 3 nitrogen and oxygen atoms in total. The summed E-state index contributed by atoms with van der Waals surface area (Å²) in [4.78, 5) is 4.72. The van der Waals surface area contributed by atoms with Crippen LogP contribution in [-0.4, -0.2) is 16.1 Å². The van der Waals surface area contributed by atoms with Gasteiger partial charge in [-0.25, -0.2) is 4.98 Å². The first kappa shape index (κ1) is 13.6. The van der Waals surface area contributed by atoms with Gasteiger partial charge in [-0.2, -0.15) is 0 Å². The van der Waals surface area contributed by atoms with E-state index < -0.39 is 0 Å². The predicted molar refractivity (Wildman–Crippen MR) is 75.7 cm³/mol. The first-order valence-corrected chi connectivity index (χ1v) is 7.51. The molecule has 0 saturated carbocycles. The highest BCUT2D eigenvalue weighted by atomic mass is 15.1. The molecule has 1 unspecified atom stereocenters. The lowest BCUT2D eigenvalue weighted by atomic mass is 9.99. The Morgan fingerprint density at radius 3 is 2.94 bits per heavy atom. The van der Waals surface area contributed by atoms with E-state index in [2.05, 4.69) is 30.7 Å². The van der Waals surface area contributed by atoms with Crippen molar-refractivity contribution in [1.82, 2.24) is 14.9 Å². The number of fused-ring (bicyclic) bond motifs is 1. The van der Waals surface area contributed by atoms with Crippen molar-refractivity contribution in [2.45, 2.75) is 66.0 Å². The molecule has 1 atom stereocenters. The van der Waals surface area contributed by atoms with Gasteiger partial charge >= 0.3 is 0 Å². The van der Waals surface area contributed by atoms with E-state index in [0.29, 0.717) is 0 Å². The van der Waals surface area contributed by atoms with Gasteiger partial charge in [0, 0.05) is 31.7 Å². The monoisotopic (exact) mass is 249 g/mol. The summed E-state index contributed by atoms with van der Waals surface area (Å²) < 4.78 is 2.49. The van der Waals surface area contributed by atoms with Crippen LogP contribution in [0.25, 0.3) is 0 Å². The molecule has 0 radical (unpaired) electrons. The second kappa shape index (κ2) is 6.37. The number of hydrogen-bond acceptors (Lipinski definition) is 2. The van der Waals surface area contributed by atoms with E-state index in [4.69, 9.17) is 4.98 Å². The van der Waals surface area contributed by atoms with Crippen molar-refractivity contribution in [1.29, 1.82) is 0 Å². The Morgan fingerprint density at radius 1 is 1.39 bits per heavy atom. The number of aryl methyl sites for hydroxylation is 1. The van der Waals surface area contributed by atoms with E-state index in [1.54, 1.807) is 0 Å². The highest BCUT2D eigenvalue weighted by molar-refractivity contribution is 5.19. The number of aromatic nitrogens is 2. The van der Waals surface area contributed by atoms with Crippen molar-refractivity contribution in [2.75, 3.05) is 6.54 Å². The molecule has 2 heterocycles. The third-order valence-electron chi connectivity index (χ3n) is 4.16. The summed E-state index contributed by atoms with van der Waals surface area (Å²) >= 11 is 0. The molecule has 0 spiro atoms. The van der Waals surface area contributed by atoms with Crippen LogP contribution in [0.1, 0.15) is 56.7 Å². The van der Waals surface area contributed by atoms with Gasteiger partial charge in [0.05, 0.1) is 5.69 Å². The zero-order valence-electron chi connectivity index (χ0n) is 12.1. The molecule has 1 aromatic heterocycles. The molecule has 0 aromatic carbocycles. The standard InChI is InChI=1S/C15H27N3/c1-4-6-7-13(5-2)11-18-12(3)17-14-10-16-9-8-15(14)18/h13,16H,4-11H2,1-3H3. The molecular weight excluding hydrogens is 222 g/mol. The van der Waals surface area contributed by atoms with Crippen LogP contribution in [0.5, 0.6) is 0 Å². The number of nitrogens with zero attached hydrogens (tertiary/aromatic N) is 2. The van der Waals surface area contributed by atoms with E-state index in [0.717, 1.165) is 25.4 Å². The summed E-state index contributed by atoms with van der Waals surface area (Å²) in [6, 6.07) is 0. The SMILES string of the molecule is CCCCC(CC)Cn1c(C)nc2c1CCNC2. The Hall–Kier alpha value is -0.830. The van der Waals surface area contributed by atoms with E-state index in [-0.39, 0.29) is 0 Å². The van der Waals surface area contributed by atoms with Crippen LogP contribution < -0.4 is 5.32 Å². The van der Waals surface area contributed by atoms with Gasteiger partial charge in [0.15, 0.2) is 0 Å². The largest absolute Gasteiger partial charge is 0.332 e. The van der Waals surface area contributed by atoms with Gasteiger partial charge in [-0.3, -0.25) is 0 Å². The first-order valence-electron chi connectivity index (χ1n) is 7.51. The molecule has 3 heteroatoms. The summed E-state index contributed by atoms with van der Waals surface area (Å²) in [5.41, 5.74) is 2.77. The number of hydrogen-bond donors (Lipinski definition) is 1. The van der Waals surface area contributed by atoms with Crippen LogP contribution in [0.2, 0.25) is 0 Å². The predicted octanol–water partition coefficient (Wildman–Crippen LogP) is 3.05. The van der Waals surface area contributed by atoms with Crippen LogP contribution in [0, 0.1) is 12.8 Å². The second-order valence-electron chi connectivity index (χ2n) is 5.51. The van der Waals surface area contributed by atoms with Gasteiger partial charge in [-0.15, -0.1) is 0 Å². The average molecular weight is 249 g/mol. The summed E-state index contributed by atoms with van der Waals surface area (Å²) in [7, 11) is 0. The third-order valence-corrected chi connectivity index (χ3v) is 4.16. The third kappa shape index (κ3) is 2.94. The molecule has 1 aliphatic rings. The van der Waals surface area contributed by atoms with Crippen LogP contribution in [0.15, 0.2) is 0 Å². The van der Waals surface area contributed by atoms with Gasteiger partial charge < -0.3 is 9.88 Å². The topological polar surface area (TPSA) is 29.9 Å². The van der Waals surface area contributed by atoms with Gasteiger partial charge in [0.25, 0.3) is 0 Å². The van der Waals surface area contributed by atoms with Crippen LogP contribution in [0.4, 0.5) is 0 Å². The molecule has 0 bridgehead atoms. The van der Waals surface area contributed by atoms with E-state index in [1.807, 2.05) is 0 Å². The van der Waals surface area contributed by atoms with Gasteiger partial charge in [0.2, 0.25) is 0 Å².